The molecule has 3 aromatic carbocycles. The number of aromatic hydroxyl groups is 1. The van der Waals surface area contributed by atoms with Crippen molar-refractivity contribution in [2.75, 3.05) is 13.7 Å². The topological polar surface area (TPSA) is 106 Å². The van der Waals surface area contributed by atoms with Crippen LogP contribution >= 0.6 is 11.3 Å². The van der Waals surface area contributed by atoms with Crippen molar-refractivity contribution in [1.29, 1.82) is 0 Å². The molecule has 9 heteroatoms. The summed E-state index contributed by atoms with van der Waals surface area (Å²) in [6, 6.07) is 19.9. The molecule has 5 aromatic rings. The highest BCUT2D eigenvalue weighted by molar-refractivity contribution is 7.09. The van der Waals surface area contributed by atoms with Crippen LogP contribution in [-0.4, -0.2) is 39.3 Å². The lowest BCUT2D eigenvalue weighted by atomic mass is 10.0. The van der Waals surface area contributed by atoms with Gasteiger partial charge in [-0.05, 0) is 59.9 Å². The van der Waals surface area contributed by atoms with E-state index in [9.17, 15) is 14.7 Å². The molecule has 0 saturated heterocycles. The predicted octanol–water partition coefficient (Wildman–Crippen LogP) is 5.88. The summed E-state index contributed by atoms with van der Waals surface area (Å²) in [4.78, 5) is 31.7. The van der Waals surface area contributed by atoms with E-state index in [4.69, 9.17) is 14.5 Å². The highest BCUT2D eigenvalue weighted by Gasteiger charge is 2.18. The number of aromatic nitrogens is 3. The quantitative estimate of drug-likeness (QED) is 0.208. The Bertz CT molecular complexity index is 1720. The van der Waals surface area contributed by atoms with Gasteiger partial charge in [-0.3, -0.25) is 9.78 Å². The molecule has 0 radical (unpaired) electrons. The van der Waals surface area contributed by atoms with Crippen LogP contribution in [0.1, 0.15) is 45.5 Å². The maximum Gasteiger partial charge on any atom is 0.341 e. The number of rotatable bonds is 10. The van der Waals surface area contributed by atoms with Crippen LogP contribution in [0.2, 0.25) is 0 Å². The van der Waals surface area contributed by atoms with Crippen LogP contribution < -0.4 is 9.61 Å². The van der Waals surface area contributed by atoms with Gasteiger partial charge in [0.05, 0.1) is 29.6 Å². The largest absolute Gasteiger partial charge is 0.494 e. The second-order valence-corrected chi connectivity index (χ2v) is 10.7. The maximum atomic E-state index is 12.6. The Morgan fingerprint density at radius 1 is 1.10 bits per heavy atom. The van der Waals surface area contributed by atoms with Gasteiger partial charge in [0, 0.05) is 12.8 Å². The first kappa shape index (κ1) is 27.2. The Labute approximate surface area is 235 Å². The number of hydrogen-bond donors (Lipinski definition) is 2. The van der Waals surface area contributed by atoms with Crippen molar-refractivity contribution in [2.24, 2.45) is 0 Å². The fraction of sp³-hybridized carbons (Fsp3) is 0.258. The number of fused-ring (bicyclic) bond motifs is 1. The number of nitrogens with zero attached hydrogens (tertiary/aromatic N) is 2. The van der Waals surface area contributed by atoms with Crippen molar-refractivity contribution in [3.05, 3.63) is 97.7 Å². The molecular weight excluding hydrogens is 526 g/mol. The molecule has 8 nitrogen and oxygen atoms in total. The molecule has 0 aliphatic carbocycles. The summed E-state index contributed by atoms with van der Waals surface area (Å²) in [5.41, 5.74) is 6.48. The van der Waals surface area contributed by atoms with Crippen LogP contribution in [0.3, 0.4) is 0 Å². The summed E-state index contributed by atoms with van der Waals surface area (Å²) in [5, 5.41) is 9.94. The smallest absolute Gasteiger partial charge is 0.341 e. The molecule has 5 rings (SSSR count). The average molecular weight is 558 g/mol. The number of hydrogen-bond acceptors (Lipinski definition) is 7. The van der Waals surface area contributed by atoms with Crippen molar-refractivity contribution in [2.45, 2.75) is 39.7 Å². The Kier molecular flexibility index (Phi) is 8.02. The number of aryl methyl sites for hydroxylation is 2. The van der Waals surface area contributed by atoms with E-state index < -0.39 is 5.97 Å². The number of H-pyrrole nitrogens is 1. The van der Waals surface area contributed by atoms with Crippen LogP contribution in [0.5, 0.6) is 11.6 Å². The third kappa shape index (κ3) is 5.65. The lowest BCUT2D eigenvalue weighted by Crippen LogP contribution is -2.13. The number of methoxy groups -OCH3 is 1. The van der Waals surface area contributed by atoms with E-state index in [1.807, 2.05) is 24.3 Å². The van der Waals surface area contributed by atoms with E-state index in [2.05, 4.69) is 47.7 Å². The number of carbonyl (C=O) groups is 1. The van der Waals surface area contributed by atoms with Gasteiger partial charge < -0.3 is 19.1 Å². The first-order valence-corrected chi connectivity index (χ1v) is 14.0. The summed E-state index contributed by atoms with van der Waals surface area (Å²) in [7, 11) is 1.32. The van der Waals surface area contributed by atoms with Crippen LogP contribution in [0.15, 0.2) is 65.5 Å². The lowest BCUT2D eigenvalue weighted by molar-refractivity contribution is 0.0595. The van der Waals surface area contributed by atoms with Gasteiger partial charge in [-0.1, -0.05) is 54.7 Å². The standard InChI is InChI=1S/C31H31N3O5S/c1-4-8-27-32-28-19(2)15-22(21-9-6-5-7-10-21)18-24(28)34(27)13-14-39-25-12-11-20(16-23(25)30(36)38-3)17-26-29(35)33-31(37)40-26/h5-7,9-12,15-16,18,35H,4,8,13-14,17H2,1-3H3,(H,33,37). The fourth-order valence-electron chi connectivity index (χ4n) is 4.89. The van der Waals surface area contributed by atoms with Gasteiger partial charge >= 0.3 is 10.8 Å². The minimum absolute atomic E-state index is 0.156. The first-order valence-electron chi connectivity index (χ1n) is 13.2. The average Bonchev–Trinajstić information content (AvgIpc) is 3.47. The van der Waals surface area contributed by atoms with Gasteiger partial charge in [-0.25, -0.2) is 9.78 Å². The molecule has 0 amide bonds. The molecule has 2 N–H and O–H groups in total. The van der Waals surface area contributed by atoms with E-state index >= 15 is 0 Å². The number of esters is 1. The summed E-state index contributed by atoms with van der Waals surface area (Å²) in [6.07, 6.45) is 2.10. The molecule has 2 heterocycles. The van der Waals surface area contributed by atoms with Gasteiger partial charge in [-0.2, -0.15) is 0 Å². The molecule has 0 atom stereocenters. The predicted molar refractivity (Wildman–Crippen MR) is 157 cm³/mol. The summed E-state index contributed by atoms with van der Waals surface area (Å²) < 4.78 is 13.4. The van der Waals surface area contributed by atoms with E-state index in [1.165, 1.54) is 7.11 Å². The van der Waals surface area contributed by atoms with Gasteiger partial charge in [-0.15, -0.1) is 0 Å². The summed E-state index contributed by atoms with van der Waals surface area (Å²) in [5.74, 6) is 0.732. The van der Waals surface area contributed by atoms with Crippen LogP contribution in [0, 0.1) is 6.92 Å². The Balaban J connectivity index is 1.42. The summed E-state index contributed by atoms with van der Waals surface area (Å²) in [6.45, 7) is 5.10. The third-order valence-electron chi connectivity index (χ3n) is 6.79. The van der Waals surface area contributed by atoms with Crippen LogP contribution in [0.4, 0.5) is 0 Å². The first-order chi connectivity index (χ1) is 19.4. The van der Waals surface area contributed by atoms with Crippen molar-refractivity contribution >= 4 is 28.3 Å². The molecular formula is C31H31N3O5S. The van der Waals surface area contributed by atoms with Gasteiger partial charge in [0.15, 0.2) is 0 Å². The number of ether oxygens (including phenoxy) is 2. The lowest BCUT2D eigenvalue weighted by Gasteiger charge is -2.14. The molecule has 0 bridgehead atoms. The van der Waals surface area contributed by atoms with Crippen molar-refractivity contribution in [3.8, 4) is 22.8 Å². The minimum atomic E-state index is -0.522. The second kappa shape index (κ2) is 11.8. The molecule has 2 aromatic heterocycles. The number of thiazole rings is 1. The zero-order valence-corrected chi connectivity index (χ0v) is 23.5. The molecule has 0 aliphatic heterocycles. The van der Waals surface area contributed by atoms with Crippen molar-refractivity contribution in [3.63, 3.8) is 0 Å². The van der Waals surface area contributed by atoms with Crippen molar-refractivity contribution in [1.82, 2.24) is 14.5 Å². The van der Waals surface area contributed by atoms with E-state index in [1.54, 1.807) is 12.1 Å². The highest BCUT2D eigenvalue weighted by Crippen LogP contribution is 2.29. The molecule has 40 heavy (non-hydrogen) atoms. The highest BCUT2D eigenvalue weighted by atomic mass is 32.1. The SMILES string of the molecule is CCCc1nc2c(C)cc(-c3ccccc3)cc2n1CCOc1ccc(Cc2sc(=O)[nH]c2O)cc1C(=O)OC. The Morgan fingerprint density at radius 2 is 1.90 bits per heavy atom. The Morgan fingerprint density at radius 3 is 2.60 bits per heavy atom. The molecule has 0 aliphatic rings. The number of nitrogens with one attached hydrogen (secondary N) is 1. The maximum absolute atomic E-state index is 12.6. The molecule has 0 spiro atoms. The third-order valence-corrected chi connectivity index (χ3v) is 7.66. The number of benzene rings is 3. The fourth-order valence-corrected chi connectivity index (χ4v) is 5.65. The summed E-state index contributed by atoms with van der Waals surface area (Å²) >= 11 is 0.935. The zero-order valence-electron chi connectivity index (χ0n) is 22.7. The monoisotopic (exact) mass is 557 g/mol. The van der Waals surface area contributed by atoms with Gasteiger partial charge in [0.2, 0.25) is 5.88 Å². The second-order valence-electron chi connectivity index (χ2n) is 9.59. The molecule has 206 valence electrons. The molecule has 0 unspecified atom stereocenters. The zero-order chi connectivity index (χ0) is 28.2. The van der Waals surface area contributed by atoms with Crippen molar-refractivity contribution < 1.29 is 19.4 Å². The Hall–Kier alpha value is -4.37. The van der Waals surface area contributed by atoms with Crippen LogP contribution in [0.25, 0.3) is 22.2 Å². The van der Waals surface area contributed by atoms with E-state index in [0.29, 0.717) is 30.2 Å². The number of carbonyl (C=O) groups excluding carboxylic acids is 1. The molecule has 0 fully saturated rings. The van der Waals surface area contributed by atoms with Crippen LogP contribution in [-0.2, 0) is 24.1 Å². The minimum Gasteiger partial charge on any atom is -0.494 e. The van der Waals surface area contributed by atoms with E-state index in [0.717, 1.165) is 63.3 Å². The molecule has 0 saturated carbocycles. The normalized spacial score (nSPS) is 11.2. The number of imidazole rings is 1. The van der Waals surface area contributed by atoms with Gasteiger partial charge in [0.25, 0.3) is 0 Å². The van der Waals surface area contributed by atoms with E-state index in [-0.39, 0.29) is 16.3 Å². The van der Waals surface area contributed by atoms with Gasteiger partial charge in [0.1, 0.15) is 23.7 Å². The number of aromatic amines is 1.